The number of nitrogens with one attached hydrogen (secondary N) is 1. The summed E-state index contributed by atoms with van der Waals surface area (Å²) in [5, 5.41) is 3.11. The molecule has 1 amide bonds. The van der Waals surface area contributed by atoms with E-state index >= 15 is 0 Å². The lowest BCUT2D eigenvalue weighted by atomic mass is 10.1. The van der Waals surface area contributed by atoms with Crippen LogP contribution in [0, 0.1) is 19.7 Å². The number of carbonyl (C=O) groups excluding carboxylic acids is 1. The number of hydrogen-bond acceptors (Lipinski definition) is 4. The average Bonchev–Trinajstić information content (AvgIpc) is 2.71. The van der Waals surface area contributed by atoms with E-state index in [0.717, 1.165) is 16.7 Å². The van der Waals surface area contributed by atoms with E-state index in [2.05, 4.69) is 5.32 Å². The molecule has 1 atom stereocenters. The largest absolute Gasteiger partial charge is 0.339 e. The number of sulfonamides is 1. The first-order valence-electron chi connectivity index (χ1n) is 10.0. The van der Waals surface area contributed by atoms with Gasteiger partial charge in [0.25, 0.3) is 0 Å². The average molecular weight is 434 g/mol. The number of benzene rings is 2. The van der Waals surface area contributed by atoms with Gasteiger partial charge in [-0.2, -0.15) is 4.31 Å². The minimum Gasteiger partial charge on any atom is -0.339 e. The van der Waals surface area contributed by atoms with Crippen molar-refractivity contribution >= 4 is 15.9 Å². The van der Waals surface area contributed by atoms with Crippen molar-refractivity contribution in [3.8, 4) is 0 Å². The van der Waals surface area contributed by atoms with Crippen molar-refractivity contribution in [2.24, 2.45) is 0 Å². The second kappa shape index (κ2) is 9.24. The Balaban J connectivity index is 1.55. The molecule has 1 saturated heterocycles. The highest BCUT2D eigenvalue weighted by atomic mass is 32.2. The zero-order valence-electron chi connectivity index (χ0n) is 17.6. The molecule has 1 fully saturated rings. The molecule has 1 aliphatic heterocycles. The molecule has 2 aromatic carbocycles. The maximum absolute atomic E-state index is 13.4. The number of nitrogens with zero attached hydrogens (tertiary/aromatic N) is 2. The summed E-state index contributed by atoms with van der Waals surface area (Å²) in [6.07, 6.45) is 0. The second-order valence-electron chi connectivity index (χ2n) is 7.71. The Labute approximate surface area is 177 Å². The smallest absolute Gasteiger partial charge is 0.243 e. The van der Waals surface area contributed by atoms with Gasteiger partial charge in [0.05, 0.1) is 11.4 Å². The summed E-state index contributed by atoms with van der Waals surface area (Å²) in [7, 11) is -3.58. The topological polar surface area (TPSA) is 69.7 Å². The molecule has 0 aromatic heterocycles. The Morgan fingerprint density at radius 3 is 2.43 bits per heavy atom. The van der Waals surface area contributed by atoms with Crippen LogP contribution >= 0.6 is 0 Å². The first kappa shape index (κ1) is 22.4. The van der Waals surface area contributed by atoms with Crippen LogP contribution in [0.15, 0.2) is 47.4 Å². The highest BCUT2D eigenvalue weighted by Crippen LogP contribution is 2.22. The van der Waals surface area contributed by atoms with E-state index in [-0.39, 0.29) is 37.4 Å². The Morgan fingerprint density at radius 2 is 1.80 bits per heavy atom. The summed E-state index contributed by atoms with van der Waals surface area (Å²) in [5.74, 6) is -0.407. The number of halogens is 1. The van der Waals surface area contributed by atoms with Crippen molar-refractivity contribution < 1.29 is 17.6 Å². The molecule has 0 bridgehead atoms. The highest BCUT2D eigenvalue weighted by molar-refractivity contribution is 7.89. The molecule has 0 aliphatic carbocycles. The normalized spacial score (nSPS) is 16.5. The molecule has 1 heterocycles. The van der Waals surface area contributed by atoms with E-state index in [1.807, 2.05) is 26.0 Å². The van der Waals surface area contributed by atoms with Gasteiger partial charge in [-0.25, -0.2) is 12.8 Å². The van der Waals surface area contributed by atoms with Gasteiger partial charge in [-0.1, -0.05) is 29.8 Å². The molecule has 0 unspecified atom stereocenters. The maximum atomic E-state index is 13.4. The molecule has 30 heavy (non-hydrogen) atoms. The van der Waals surface area contributed by atoms with Gasteiger partial charge in [-0.15, -0.1) is 0 Å². The molecule has 0 saturated carbocycles. The summed E-state index contributed by atoms with van der Waals surface area (Å²) in [6, 6.07) is 11.4. The van der Waals surface area contributed by atoms with Crippen LogP contribution in [0.5, 0.6) is 0 Å². The van der Waals surface area contributed by atoms with Crippen molar-refractivity contribution in [1.29, 1.82) is 0 Å². The highest BCUT2D eigenvalue weighted by Gasteiger charge is 2.31. The predicted molar refractivity (Wildman–Crippen MR) is 114 cm³/mol. The first-order chi connectivity index (χ1) is 14.2. The zero-order valence-corrected chi connectivity index (χ0v) is 18.4. The summed E-state index contributed by atoms with van der Waals surface area (Å²) < 4.78 is 40.8. The number of carbonyl (C=O) groups is 1. The lowest BCUT2D eigenvalue weighted by Gasteiger charge is -2.34. The lowest BCUT2D eigenvalue weighted by molar-refractivity contribution is -0.131. The summed E-state index contributed by atoms with van der Waals surface area (Å²) in [6.45, 7) is 6.93. The van der Waals surface area contributed by atoms with Crippen molar-refractivity contribution in [2.45, 2.75) is 31.7 Å². The summed E-state index contributed by atoms with van der Waals surface area (Å²) >= 11 is 0. The standard InChI is InChI=1S/C22H28FN3O3S/c1-16-7-8-21(17(2)13-16)30(28,29)26-11-9-25(10-12-26)22(27)15-24-18(3)19-5-4-6-20(23)14-19/h4-8,13-14,18,24H,9-12,15H2,1-3H3/t18-/m1/s1. The molecular weight excluding hydrogens is 405 g/mol. The van der Waals surface area contributed by atoms with Gasteiger partial charge >= 0.3 is 0 Å². The minimum atomic E-state index is -3.58. The van der Waals surface area contributed by atoms with Crippen LogP contribution in [-0.2, 0) is 14.8 Å². The van der Waals surface area contributed by atoms with Crippen LogP contribution in [0.25, 0.3) is 0 Å². The van der Waals surface area contributed by atoms with Crippen LogP contribution in [0.3, 0.4) is 0 Å². The molecule has 0 spiro atoms. The Morgan fingerprint density at radius 1 is 1.10 bits per heavy atom. The fraction of sp³-hybridized carbons (Fsp3) is 0.409. The van der Waals surface area contributed by atoms with Crippen LogP contribution in [0.1, 0.15) is 29.7 Å². The van der Waals surface area contributed by atoms with Crippen molar-refractivity contribution in [2.75, 3.05) is 32.7 Å². The number of amides is 1. The fourth-order valence-electron chi connectivity index (χ4n) is 3.65. The lowest BCUT2D eigenvalue weighted by Crippen LogP contribution is -2.52. The van der Waals surface area contributed by atoms with Crippen molar-refractivity contribution in [3.05, 3.63) is 65.0 Å². The van der Waals surface area contributed by atoms with Gasteiger partial charge in [-0.05, 0) is 50.1 Å². The van der Waals surface area contributed by atoms with Gasteiger partial charge in [0.15, 0.2) is 0 Å². The molecule has 1 aliphatic rings. The molecule has 1 N–H and O–H groups in total. The number of piperazine rings is 1. The van der Waals surface area contributed by atoms with E-state index in [4.69, 9.17) is 0 Å². The third kappa shape index (κ3) is 5.06. The molecule has 162 valence electrons. The first-order valence-corrected chi connectivity index (χ1v) is 11.5. The Bertz CT molecular complexity index is 1020. The fourth-order valence-corrected chi connectivity index (χ4v) is 5.28. The molecule has 3 rings (SSSR count). The SMILES string of the molecule is Cc1ccc(S(=O)(=O)N2CCN(C(=O)CN[C@H](C)c3cccc(F)c3)CC2)c(C)c1. The number of rotatable bonds is 6. The monoisotopic (exact) mass is 433 g/mol. The predicted octanol–water partition coefficient (Wildman–Crippen LogP) is 2.63. The summed E-state index contributed by atoms with van der Waals surface area (Å²) in [4.78, 5) is 14.5. The van der Waals surface area contributed by atoms with E-state index in [1.54, 1.807) is 30.0 Å². The third-order valence-corrected chi connectivity index (χ3v) is 7.51. The van der Waals surface area contributed by atoms with Crippen molar-refractivity contribution in [1.82, 2.24) is 14.5 Å². The molecule has 8 heteroatoms. The Kier molecular flexibility index (Phi) is 6.90. The van der Waals surface area contributed by atoms with E-state index in [9.17, 15) is 17.6 Å². The maximum Gasteiger partial charge on any atom is 0.243 e. The van der Waals surface area contributed by atoms with E-state index in [1.165, 1.54) is 16.4 Å². The van der Waals surface area contributed by atoms with Crippen LogP contribution in [0.4, 0.5) is 4.39 Å². The van der Waals surface area contributed by atoms with Gasteiger partial charge in [-0.3, -0.25) is 4.79 Å². The van der Waals surface area contributed by atoms with Gasteiger partial charge < -0.3 is 10.2 Å². The molecule has 0 radical (unpaired) electrons. The van der Waals surface area contributed by atoms with Gasteiger partial charge in [0, 0.05) is 32.2 Å². The molecule has 2 aromatic rings. The van der Waals surface area contributed by atoms with Gasteiger partial charge in [0.2, 0.25) is 15.9 Å². The van der Waals surface area contributed by atoms with E-state index in [0.29, 0.717) is 18.0 Å². The van der Waals surface area contributed by atoms with Gasteiger partial charge in [0.1, 0.15) is 5.82 Å². The van der Waals surface area contributed by atoms with Crippen LogP contribution < -0.4 is 5.32 Å². The summed E-state index contributed by atoms with van der Waals surface area (Å²) in [5.41, 5.74) is 2.51. The van der Waals surface area contributed by atoms with Crippen LogP contribution in [0.2, 0.25) is 0 Å². The van der Waals surface area contributed by atoms with E-state index < -0.39 is 10.0 Å². The second-order valence-corrected chi connectivity index (χ2v) is 9.62. The molecule has 6 nitrogen and oxygen atoms in total. The van der Waals surface area contributed by atoms with Crippen LogP contribution in [-0.4, -0.2) is 56.3 Å². The Hall–Kier alpha value is -2.29. The minimum absolute atomic E-state index is 0.0955. The zero-order chi connectivity index (χ0) is 21.9. The quantitative estimate of drug-likeness (QED) is 0.760. The number of hydrogen-bond donors (Lipinski definition) is 1. The molecular formula is C22H28FN3O3S. The number of aryl methyl sites for hydroxylation is 2. The van der Waals surface area contributed by atoms with Crippen molar-refractivity contribution in [3.63, 3.8) is 0 Å². The third-order valence-electron chi connectivity index (χ3n) is 5.45.